The van der Waals surface area contributed by atoms with Crippen LogP contribution in [0.2, 0.25) is 0 Å². The van der Waals surface area contributed by atoms with Crippen molar-refractivity contribution in [2.24, 2.45) is 0 Å². The molecule has 0 atom stereocenters. The monoisotopic (exact) mass is 297 g/mol. The van der Waals surface area contributed by atoms with E-state index in [0.717, 1.165) is 12.3 Å². The summed E-state index contributed by atoms with van der Waals surface area (Å²) in [5.41, 5.74) is -1.67. The lowest BCUT2D eigenvalue weighted by molar-refractivity contribution is -0.385. The van der Waals surface area contributed by atoms with Gasteiger partial charge in [0.05, 0.1) is 17.1 Å². The van der Waals surface area contributed by atoms with Crippen LogP contribution in [0, 0.1) is 10.1 Å². The lowest BCUT2D eigenvalue weighted by Crippen LogP contribution is -2.47. The molecule has 0 amide bonds. The number of ether oxygens (including phenoxy) is 1. The number of hydrogen-bond acceptors (Lipinski definition) is 7. The van der Waals surface area contributed by atoms with E-state index in [9.17, 15) is 20.0 Å². The minimum absolute atomic E-state index is 0.169. The number of rotatable bonds is 5. The summed E-state index contributed by atoms with van der Waals surface area (Å²) >= 11 is 0. The van der Waals surface area contributed by atoms with Gasteiger partial charge < -0.3 is 20.3 Å². The molecule has 1 aliphatic heterocycles. The highest BCUT2D eigenvalue weighted by atomic mass is 16.6. The summed E-state index contributed by atoms with van der Waals surface area (Å²) in [6.07, 6.45) is 1.96. The minimum atomic E-state index is -1.41. The average Bonchev–Trinajstić information content (AvgIpc) is 2.47. The van der Waals surface area contributed by atoms with Crippen LogP contribution in [-0.2, 0) is 4.74 Å². The van der Waals surface area contributed by atoms with Gasteiger partial charge in [-0.3, -0.25) is 10.1 Å². The van der Waals surface area contributed by atoms with E-state index in [2.05, 4.69) is 10.3 Å². The normalized spacial score (nSPS) is 17.2. The molecule has 3 N–H and O–H groups in total. The molecule has 9 nitrogen and oxygen atoms in total. The highest BCUT2D eigenvalue weighted by Gasteiger charge is 2.33. The van der Waals surface area contributed by atoms with Crippen LogP contribution in [0.25, 0.3) is 0 Å². The molecule has 1 aromatic heterocycles. The van der Waals surface area contributed by atoms with Gasteiger partial charge in [-0.2, -0.15) is 0 Å². The fraction of sp³-hybridized carbons (Fsp3) is 0.500. The number of pyridine rings is 1. The maximum Gasteiger partial charge on any atom is 0.342 e. The Morgan fingerprint density at radius 3 is 2.71 bits per heavy atom. The topological polar surface area (TPSA) is 135 Å². The fourth-order valence-electron chi connectivity index (χ4n) is 2.19. The predicted octanol–water partition coefficient (Wildman–Crippen LogP) is 0.641. The van der Waals surface area contributed by atoms with Crippen molar-refractivity contribution in [1.29, 1.82) is 0 Å². The Hall–Kier alpha value is -2.26. The van der Waals surface area contributed by atoms with Gasteiger partial charge in [-0.15, -0.1) is 0 Å². The van der Waals surface area contributed by atoms with E-state index < -0.39 is 27.7 Å². The first-order valence-corrected chi connectivity index (χ1v) is 6.32. The first-order valence-electron chi connectivity index (χ1n) is 6.32. The van der Waals surface area contributed by atoms with Crippen molar-refractivity contribution in [2.75, 3.05) is 25.1 Å². The molecule has 9 heteroatoms. The highest BCUT2D eigenvalue weighted by molar-refractivity contribution is 5.93. The molecule has 1 saturated heterocycles. The smallest absolute Gasteiger partial charge is 0.342 e. The van der Waals surface area contributed by atoms with Crippen molar-refractivity contribution >= 4 is 17.5 Å². The van der Waals surface area contributed by atoms with Gasteiger partial charge >= 0.3 is 11.7 Å². The zero-order valence-electron chi connectivity index (χ0n) is 11.1. The average molecular weight is 297 g/mol. The van der Waals surface area contributed by atoms with Crippen LogP contribution in [0.4, 0.5) is 11.5 Å². The predicted molar refractivity (Wildman–Crippen MR) is 71.3 cm³/mol. The molecule has 0 radical (unpaired) electrons. The maximum atomic E-state index is 11.1. The summed E-state index contributed by atoms with van der Waals surface area (Å²) in [5, 5.41) is 32.3. The molecule has 1 aliphatic rings. The van der Waals surface area contributed by atoms with E-state index in [0.29, 0.717) is 26.1 Å². The number of nitrogens with one attached hydrogen (secondary N) is 1. The van der Waals surface area contributed by atoms with E-state index in [1.807, 2.05) is 0 Å². The minimum Gasteiger partial charge on any atom is -0.477 e. The van der Waals surface area contributed by atoms with Gasteiger partial charge in [-0.25, -0.2) is 9.78 Å². The molecule has 114 valence electrons. The van der Waals surface area contributed by atoms with E-state index in [1.54, 1.807) is 0 Å². The third-order valence-electron chi connectivity index (χ3n) is 3.46. The van der Waals surface area contributed by atoms with E-state index in [4.69, 9.17) is 9.84 Å². The van der Waals surface area contributed by atoms with Gasteiger partial charge in [-0.1, -0.05) is 0 Å². The third-order valence-corrected chi connectivity index (χ3v) is 3.46. The SMILES string of the molecule is O=C(O)c1cc(NC2(CO)CCOCC2)ncc1[N+](=O)[O-]. The number of aliphatic hydroxyl groups excluding tert-OH is 1. The number of aromatic nitrogens is 1. The molecule has 0 saturated carbocycles. The molecule has 1 aromatic rings. The maximum absolute atomic E-state index is 11.1. The highest BCUT2D eigenvalue weighted by Crippen LogP contribution is 2.27. The summed E-state index contributed by atoms with van der Waals surface area (Å²) in [5.74, 6) is -1.23. The van der Waals surface area contributed by atoms with Crippen molar-refractivity contribution in [3.8, 4) is 0 Å². The lowest BCUT2D eigenvalue weighted by Gasteiger charge is -2.36. The molecule has 1 fully saturated rings. The van der Waals surface area contributed by atoms with Crippen LogP contribution in [0.1, 0.15) is 23.2 Å². The second-order valence-electron chi connectivity index (χ2n) is 4.82. The molecular weight excluding hydrogens is 282 g/mol. The molecule has 21 heavy (non-hydrogen) atoms. The van der Waals surface area contributed by atoms with Crippen molar-refractivity contribution in [3.05, 3.63) is 27.9 Å². The summed E-state index contributed by atoms with van der Waals surface area (Å²) < 4.78 is 5.22. The zero-order chi connectivity index (χ0) is 15.5. The summed E-state index contributed by atoms with van der Waals surface area (Å²) in [6, 6.07) is 1.10. The van der Waals surface area contributed by atoms with Crippen LogP contribution >= 0.6 is 0 Å². The van der Waals surface area contributed by atoms with E-state index in [1.165, 1.54) is 0 Å². The number of carbonyl (C=O) groups is 1. The molecule has 0 bridgehead atoms. The Labute approximate surface area is 119 Å². The second kappa shape index (κ2) is 6.02. The number of aromatic carboxylic acids is 1. The molecule has 2 heterocycles. The summed E-state index contributed by atoms with van der Waals surface area (Å²) in [4.78, 5) is 24.9. The Morgan fingerprint density at radius 2 is 2.19 bits per heavy atom. The standard InChI is InChI=1S/C12H15N3O6/c16-7-12(1-3-21-4-2-12)14-10-5-8(11(17)18)9(6-13-10)15(19)20/h5-6,16H,1-4,7H2,(H,13,14)(H,17,18). The Morgan fingerprint density at radius 1 is 1.52 bits per heavy atom. The molecule has 0 aliphatic carbocycles. The van der Waals surface area contributed by atoms with Crippen LogP contribution in [0.15, 0.2) is 12.3 Å². The summed E-state index contributed by atoms with van der Waals surface area (Å²) in [7, 11) is 0. The molecule has 2 rings (SSSR count). The van der Waals surface area contributed by atoms with Crippen molar-refractivity contribution in [1.82, 2.24) is 4.98 Å². The number of aliphatic hydroxyl groups is 1. The fourth-order valence-corrected chi connectivity index (χ4v) is 2.19. The Balaban J connectivity index is 2.30. The first kappa shape index (κ1) is 15.1. The van der Waals surface area contributed by atoms with Crippen LogP contribution in [0.3, 0.4) is 0 Å². The van der Waals surface area contributed by atoms with Crippen LogP contribution in [0.5, 0.6) is 0 Å². The number of hydrogen-bond donors (Lipinski definition) is 3. The number of nitro groups is 1. The summed E-state index contributed by atoms with van der Waals surface area (Å²) in [6.45, 7) is 0.760. The van der Waals surface area contributed by atoms with Gasteiger partial charge in [0.15, 0.2) is 0 Å². The van der Waals surface area contributed by atoms with Gasteiger partial charge in [0.1, 0.15) is 17.6 Å². The van der Waals surface area contributed by atoms with Crippen molar-refractivity contribution < 1.29 is 24.7 Å². The lowest BCUT2D eigenvalue weighted by atomic mass is 9.91. The number of carboxylic acids is 1. The van der Waals surface area contributed by atoms with Crippen LogP contribution in [-0.4, -0.2) is 51.4 Å². The van der Waals surface area contributed by atoms with Crippen molar-refractivity contribution in [2.45, 2.75) is 18.4 Å². The first-order chi connectivity index (χ1) is 9.97. The third kappa shape index (κ3) is 3.26. The molecule has 0 spiro atoms. The van der Waals surface area contributed by atoms with Gasteiger partial charge in [0, 0.05) is 19.3 Å². The molecule has 0 aromatic carbocycles. The molecule has 0 unspecified atom stereocenters. The van der Waals surface area contributed by atoms with Gasteiger partial charge in [-0.05, 0) is 12.8 Å². The quantitative estimate of drug-likeness (QED) is 0.532. The second-order valence-corrected chi connectivity index (χ2v) is 4.82. The van der Waals surface area contributed by atoms with Gasteiger partial charge in [0.25, 0.3) is 0 Å². The number of anilines is 1. The largest absolute Gasteiger partial charge is 0.477 e. The van der Waals surface area contributed by atoms with Gasteiger partial charge in [0.2, 0.25) is 0 Å². The Bertz CT molecular complexity index is 556. The Kier molecular flexibility index (Phi) is 4.34. The zero-order valence-corrected chi connectivity index (χ0v) is 11.1. The van der Waals surface area contributed by atoms with Crippen molar-refractivity contribution in [3.63, 3.8) is 0 Å². The number of nitrogens with zero attached hydrogens (tertiary/aromatic N) is 2. The van der Waals surface area contributed by atoms with E-state index in [-0.39, 0.29) is 12.4 Å². The molecular formula is C12H15N3O6. The van der Waals surface area contributed by atoms with Crippen LogP contribution < -0.4 is 5.32 Å². The van der Waals surface area contributed by atoms with E-state index >= 15 is 0 Å². The number of carboxylic acid groups (broad SMARTS) is 1.